The SMILES string of the molecule is CC1NCCN(C(=O)O)C1C. The first-order valence-electron chi connectivity index (χ1n) is 3.86. The first-order chi connectivity index (χ1) is 5.13. The van der Waals surface area contributed by atoms with Crippen LogP contribution in [0.5, 0.6) is 0 Å². The van der Waals surface area contributed by atoms with E-state index in [9.17, 15) is 4.79 Å². The molecule has 1 heterocycles. The Labute approximate surface area is 66.2 Å². The van der Waals surface area contributed by atoms with Crippen LogP contribution in [0.2, 0.25) is 0 Å². The van der Waals surface area contributed by atoms with Crippen molar-refractivity contribution in [1.29, 1.82) is 0 Å². The lowest BCUT2D eigenvalue weighted by Crippen LogP contribution is -2.56. The summed E-state index contributed by atoms with van der Waals surface area (Å²) in [7, 11) is 0. The molecule has 1 aliphatic heterocycles. The fourth-order valence-corrected chi connectivity index (χ4v) is 1.33. The van der Waals surface area contributed by atoms with E-state index in [2.05, 4.69) is 5.32 Å². The quantitative estimate of drug-likeness (QED) is 0.534. The maximum atomic E-state index is 10.6. The summed E-state index contributed by atoms with van der Waals surface area (Å²) in [5.74, 6) is 0. The van der Waals surface area contributed by atoms with Crippen LogP contribution in [-0.4, -0.2) is 41.3 Å². The van der Waals surface area contributed by atoms with Gasteiger partial charge in [-0.2, -0.15) is 0 Å². The van der Waals surface area contributed by atoms with E-state index in [0.29, 0.717) is 6.54 Å². The fourth-order valence-electron chi connectivity index (χ4n) is 1.33. The smallest absolute Gasteiger partial charge is 0.407 e. The van der Waals surface area contributed by atoms with E-state index in [1.807, 2.05) is 13.8 Å². The molecule has 0 radical (unpaired) electrons. The minimum Gasteiger partial charge on any atom is -0.465 e. The van der Waals surface area contributed by atoms with Crippen LogP contribution in [0.4, 0.5) is 4.79 Å². The van der Waals surface area contributed by atoms with Gasteiger partial charge in [-0.15, -0.1) is 0 Å². The van der Waals surface area contributed by atoms with Gasteiger partial charge in [-0.3, -0.25) is 0 Å². The highest BCUT2D eigenvalue weighted by molar-refractivity contribution is 5.65. The molecule has 2 unspecified atom stereocenters. The molecule has 4 heteroatoms. The van der Waals surface area contributed by atoms with Crippen LogP contribution in [0.1, 0.15) is 13.8 Å². The van der Waals surface area contributed by atoms with Crippen molar-refractivity contribution in [3.05, 3.63) is 0 Å². The summed E-state index contributed by atoms with van der Waals surface area (Å²) < 4.78 is 0. The zero-order valence-electron chi connectivity index (χ0n) is 6.87. The number of hydrogen-bond acceptors (Lipinski definition) is 2. The van der Waals surface area contributed by atoms with Crippen LogP contribution in [0.3, 0.4) is 0 Å². The Morgan fingerprint density at radius 3 is 2.73 bits per heavy atom. The monoisotopic (exact) mass is 158 g/mol. The molecule has 0 aromatic carbocycles. The van der Waals surface area contributed by atoms with Gasteiger partial charge in [0.2, 0.25) is 0 Å². The molecule has 1 aliphatic rings. The van der Waals surface area contributed by atoms with Gasteiger partial charge >= 0.3 is 6.09 Å². The molecule has 1 rings (SSSR count). The van der Waals surface area contributed by atoms with Gasteiger partial charge in [0.25, 0.3) is 0 Å². The second-order valence-corrected chi connectivity index (χ2v) is 2.96. The lowest BCUT2D eigenvalue weighted by molar-refractivity contribution is 0.103. The van der Waals surface area contributed by atoms with Crippen molar-refractivity contribution in [2.24, 2.45) is 0 Å². The third-order valence-corrected chi connectivity index (χ3v) is 2.28. The third kappa shape index (κ3) is 1.63. The lowest BCUT2D eigenvalue weighted by atomic mass is 10.1. The Hall–Kier alpha value is -0.770. The Morgan fingerprint density at radius 1 is 1.64 bits per heavy atom. The van der Waals surface area contributed by atoms with E-state index in [0.717, 1.165) is 6.54 Å². The van der Waals surface area contributed by atoms with Gasteiger partial charge in [-0.25, -0.2) is 4.79 Å². The van der Waals surface area contributed by atoms with Gasteiger partial charge in [0.05, 0.1) is 0 Å². The van der Waals surface area contributed by atoms with Crippen molar-refractivity contribution >= 4 is 6.09 Å². The highest BCUT2D eigenvalue weighted by atomic mass is 16.4. The normalized spacial score (nSPS) is 32.0. The Morgan fingerprint density at radius 2 is 2.27 bits per heavy atom. The molecule has 2 N–H and O–H groups in total. The number of carboxylic acid groups (broad SMARTS) is 1. The molecule has 0 saturated carbocycles. The van der Waals surface area contributed by atoms with Crippen molar-refractivity contribution in [3.63, 3.8) is 0 Å². The van der Waals surface area contributed by atoms with Crippen molar-refractivity contribution in [3.8, 4) is 0 Å². The van der Waals surface area contributed by atoms with E-state index in [4.69, 9.17) is 5.11 Å². The van der Waals surface area contributed by atoms with E-state index in [1.165, 1.54) is 4.90 Å². The van der Waals surface area contributed by atoms with Crippen molar-refractivity contribution in [2.45, 2.75) is 25.9 Å². The minimum absolute atomic E-state index is 0.0845. The summed E-state index contributed by atoms with van der Waals surface area (Å²) in [6, 6.07) is 0.348. The van der Waals surface area contributed by atoms with Crippen LogP contribution in [0.15, 0.2) is 0 Å². The van der Waals surface area contributed by atoms with Crippen molar-refractivity contribution < 1.29 is 9.90 Å². The zero-order chi connectivity index (χ0) is 8.43. The summed E-state index contributed by atoms with van der Waals surface area (Å²) in [5.41, 5.74) is 0. The van der Waals surface area contributed by atoms with Gasteiger partial charge in [0.1, 0.15) is 0 Å². The fraction of sp³-hybridized carbons (Fsp3) is 0.857. The number of nitrogens with one attached hydrogen (secondary N) is 1. The highest BCUT2D eigenvalue weighted by Gasteiger charge is 2.27. The second kappa shape index (κ2) is 3.09. The number of carbonyl (C=O) groups is 1. The second-order valence-electron chi connectivity index (χ2n) is 2.96. The van der Waals surface area contributed by atoms with E-state index in [-0.39, 0.29) is 12.1 Å². The summed E-state index contributed by atoms with van der Waals surface area (Å²) in [6.45, 7) is 5.28. The number of amides is 1. The molecule has 64 valence electrons. The molecule has 1 fully saturated rings. The van der Waals surface area contributed by atoms with E-state index in [1.54, 1.807) is 0 Å². The molecule has 1 saturated heterocycles. The van der Waals surface area contributed by atoms with Crippen LogP contribution in [0.25, 0.3) is 0 Å². The van der Waals surface area contributed by atoms with E-state index < -0.39 is 6.09 Å². The average Bonchev–Trinajstić information content (AvgIpc) is 1.94. The molecule has 0 spiro atoms. The Balaban J connectivity index is 2.58. The molecule has 11 heavy (non-hydrogen) atoms. The van der Waals surface area contributed by atoms with Crippen LogP contribution >= 0.6 is 0 Å². The Bertz CT molecular complexity index is 161. The minimum atomic E-state index is -0.814. The van der Waals surface area contributed by atoms with Gasteiger partial charge < -0.3 is 15.3 Å². The van der Waals surface area contributed by atoms with Crippen LogP contribution in [0, 0.1) is 0 Å². The largest absolute Gasteiger partial charge is 0.465 e. The maximum Gasteiger partial charge on any atom is 0.407 e. The van der Waals surface area contributed by atoms with E-state index >= 15 is 0 Å². The molecule has 0 aromatic heterocycles. The molecule has 2 atom stereocenters. The van der Waals surface area contributed by atoms with Crippen molar-refractivity contribution in [2.75, 3.05) is 13.1 Å². The van der Waals surface area contributed by atoms with Gasteiger partial charge in [-0.05, 0) is 13.8 Å². The lowest BCUT2D eigenvalue weighted by Gasteiger charge is -2.36. The molecule has 0 bridgehead atoms. The maximum absolute atomic E-state index is 10.6. The molecule has 0 aromatic rings. The molecular weight excluding hydrogens is 144 g/mol. The average molecular weight is 158 g/mol. The summed E-state index contributed by atoms with van der Waals surface area (Å²) in [6.07, 6.45) is -0.814. The number of hydrogen-bond donors (Lipinski definition) is 2. The highest BCUT2D eigenvalue weighted by Crippen LogP contribution is 2.07. The summed E-state index contributed by atoms with van der Waals surface area (Å²) in [4.78, 5) is 12.1. The standard InChI is InChI=1S/C7H14N2O2/c1-5-6(2)9(7(10)11)4-3-8-5/h5-6,8H,3-4H2,1-2H3,(H,10,11). The molecule has 1 amide bonds. The van der Waals surface area contributed by atoms with Crippen molar-refractivity contribution in [1.82, 2.24) is 10.2 Å². The third-order valence-electron chi connectivity index (χ3n) is 2.28. The molecule has 0 aliphatic carbocycles. The van der Waals surface area contributed by atoms with Gasteiger partial charge in [0, 0.05) is 25.2 Å². The first-order valence-corrected chi connectivity index (χ1v) is 3.86. The summed E-state index contributed by atoms with van der Waals surface area (Å²) in [5, 5.41) is 11.9. The zero-order valence-corrected chi connectivity index (χ0v) is 6.87. The molecule has 4 nitrogen and oxygen atoms in total. The summed E-state index contributed by atoms with van der Waals surface area (Å²) >= 11 is 0. The Kier molecular flexibility index (Phi) is 2.34. The predicted molar refractivity (Wildman–Crippen MR) is 41.7 cm³/mol. The first kappa shape index (κ1) is 8.33. The topological polar surface area (TPSA) is 52.6 Å². The predicted octanol–water partition coefficient (Wildman–Crippen LogP) is 0.347. The van der Waals surface area contributed by atoms with Crippen LogP contribution < -0.4 is 5.32 Å². The van der Waals surface area contributed by atoms with Gasteiger partial charge in [0.15, 0.2) is 0 Å². The van der Waals surface area contributed by atoms with Crippen LogP contribution in [-0.2, 0) is 0 Å². The molecular formula is C7H14N2O2. The number of piperazine rings is 1. The number of rotatable bonds is 0. The number of nitrogens with zero attached hydrogens (tertiary/aromatic N) is 1. The van der Waals surface area contributed by atoms with Gasteiger partial charge in [-0.1, -0.05) is 0 Å².